The summed E-state index contributed by atoms with van der Waals surface area (Å²) in [5.74, 6) is -0.503. The molecule has 1 aromatic carbocycles. The zero-order chi connectivity index (χ0) is 15.6. The molecule has 1 heterocycles. The summed E-state index contributed by atoms with van der Waals surface area (Å²) in [7, 11) is -3.24. The van der Waals surface area contributed by atoms with E-state index in [2.05, 4.69) is 4.72 Å². The first-order valence-electron chi connectivity index (χ1n) is 6.62. The molecule has 0 bridgehead atoms. The molecule has 1 aliphatic rings. The summed E-state index contributed by atoms with van der Waals surface area (Å²) in [5, 5.41) is 9.84. The van der Waals surface area contributed by atoms with Crippen molar-refractivity contribution < 1.29 is 18.3 Å². The largest absolute Gasteiger partial charge is 0.505 e. The Balaban J connectivity index is 2.02. The maximum absolute atomic E-state index is 12.3. The predicted molar refractivity (Wildman–Crippen MR) is 79.4 cm³/mol. The van der Waals surface area contributed by atoms with Crippen molar-refractivity contribution in [1.29, 1.82) is 0 Å². The Morgan fingerprint density at radius 2 is 2.00 bits per heavy atom. The fraction of sp³-hybridized carbons (Fsp3) is 0.462. The first-order chi connectivity index (χ1) is 9.78. The normalized spacial score (nSPS) is 16.9. The van der Waals surface area contributed by atoms with E-state index < -0.39 is 10.0 Å². The number of aromatic hydroxyl groups is 1. The van der Waals surface area contributed by atoms with Gasteiger partial charge in [0.25, 0.3) is 5.91 Å². The van der Waals surface area contributed by atoms with Crippen LogP contribution in [-0.2, 0) is 10.0 Å². The van der Waals surface area contributed by atoms with Crippen LogP contribution in [0.1, 0.15) is 23.2 Å². The zero-order valence-corrected chi connectivity index (χ0v) is 12.6. The number of nitrogen functional groups attached to an aromatic ring is 1. The zero-order valence-electron chi connectivity index (χ0n) is 11.7. The summed E-state index contributed by atoms with van der Waals surface area (Å²) < 4.78 is 24.9. The van der Waals surface area contributed by atoms with Crippen molar-refractivity contribution in [2.75, 3.05) is 25.1 Å². The Labute approximate surface area is 123 Å². The van der Waals surface area contributed by atoms with Crippen LogP contribution in [-0.4, -0.2) is 49.7 Å². The number of nitrogens with zero attached hydrogens (tertiary/aromatic N) is 1. The van der Waals surface area contributed by atoms with Crippen LogP contribution in [0.4, 0.5) is 5.69 Å². The van der Waals surface area contributed by atoms with E-state index in [1.807, 2.05) is 0 Å². The highest BCUT2D eigenvalue weighted by Gasteiger charge is 2.26. The van der Waals surface area contributed by atoms with Crippen molar-refractivity contribution in [3.05, 3.63) is 23.8 Å². The fourth-order valence-electron chi connectivity index (χ4n) is 2.41. The Morgan fingerprint density at radius 3 is 2.57 bits per heavy atom. The molecule has 21 heavy (non-hydrogen) atoms. The van der Waals surface area contributed by atoms with Crippen molar-refractivity contribution in [1.82, 2.24) is 9.62 Å². The van der Waals surface area contributed by atoms with Crippen molar-refractivity contribution in [3.8, 4) is 5.75 Å². The average molecular weight is 313 g/mol. The van der Waals surface area contributed by atoms with Crippen LogP contribution in [0.15, 0.2) is 18.2 Å². The molecule has 1 fully saturated rings. The van der Waals surface area contributed by atoms with Gasteiger partial charge >= 0.3 is 0 Å². The van der Waals surface area contributed by atoms with Gasteiger partial charge in [-0.15, -0.1) is 0 Å². The third-order valence-corrected chi connectivity index (χ3v) is 4.22. The highest BCUT2D eigenvalue weighted by molar-refractivity contribution is 7.88. The number of likely N-dealkylation sites (tertiary alicyclic amines) is 1. The SMILES string of the molecule is CS(=O)(=O)NC1CCN(C(=O)c2cccc(N)c2O)CC1. The maximum Gasteiger partial charge on any atom is 0.257 e. The van der Waals surface area contributed by atoms with Crippen molar-refractivity contribution in [2.24, 2.45) is 0 Å². The lowest BCUT2D eigenvalue weighted by Gasteiger charge is -2.32. The van der Waals surface area contributed by atoms with Crippen LogP contribution in [0, 0.1) is 0 Å². The van der Waals surface area contributed by atoms with Crippen molar-refractivity contribution >= 4 is 21.6 Å². The van der Waals surface area contributed by atoms with Gasteiger partial charge < -0.3 is 15.7 Å². The van der Waals surface area contributed by atoms with E-state index in [-0.39, 0.29) is 28.9 Å². The number of hydrogen-bond donors (Lipinski definition) is 3. The van der Waals surface area contributed by atoms with Crippen LogP contribution in [0.5, 0.6) is 5.75 Å². The lowest BCUT2D eigenvalue weighted by molar-refractivity contribution is 0.0708. The smallest absolute Gasteiger partial charge is 0.257 e. The molecule has 7 nitrogen and oxygen atoms in total. The van der Waals surface area contributed by atoms with Gasteiger partial charge in [-0.1, -0.05) is 6.07 Å². The molecule has 1 saturated heterocycles. The lowest BCUT2D eigenvalue weighted by Crippen LogP contribution is -2.46. The van der Waals surface area contributed by atoms with E-state index >= 15 is 0 Å². The van der Waals surface area contributed by atoms with E-state index in [1.165, 1.54) is 12.1 Å². The summed E-state index contributed by atoms with van der Waals surface area (Å²) in [5.41, 5.74) is 5.91. The van der Waals surface area contributed by atoms with Crippen molar-refractivity contribution in [2.45, 2.75) is 18.9 Å². The summed E-state index contributed by atoms with van der Waals surface area (Å²) in [6.45, 7) is 0.862. The number of benzene rings is 1. The summed E-state index contributed by atoms with van der Waals surface area (Å²) in [4.78, 5) is 13.9. The van der Waals surface area contributed by atoms with Gasteiger partial charge in [-0.05, 0) is 25.0 Å². The molecule has 2 rings (SSSR count). The predicted octanol–water partition coefficient (Wildman–Crippen LogP) is 0.128. The molecule has 0 unspecified atom stereocenters. The second-order valence-electron chi connectivity index (χ2n) is 5.20. The van der Waals surface area contributed by atoms with Crippen LogP contribution in [0.2, 0.25) is 0 Å². The maximum atomic E-state index is 12.3. The number of nitrogens with two attached hydrogens (primary N) is 1. The van der Waals surface area contributed by atoms with E-state index in [0.717, 1.165) is 6.26 Å². The molecule has 116 valence electrons. The first-order valence-corrected chi connectivity index (χ1v) is 8.51. The van der Waals surface area contributed by atoms with Crippen molar-refractivity contribution in [3.63, 3.8) is 0 Å². The highest BCUT2D eigenvalue weighted by atomic mass is 32.2. The van der Waals surface area contributed by atoms with Crippen LogP contribution in [0.3, 0.4) is 0 Å². The first kappa shape index (κ1) is 15.6. The van der Waals surface area contributed by atoms with Gasteiger partial charge in [0, 0.05) is 19.1 Å². The molecule has 0 spiro atoms. The fourth-order valence-corrected chi connectivity index (χ4v) is 3.25. The molecular formula is C13H19N3O4S. The van der Waals surface area contributed by atoms with Gasteiger partial charge in [-0.2, -0.15) is 0 Å². The second kappa shape index (κ2) is 5.90. The number of sulfonamides is 1. The third kappa shape index (κ3) is 3.85. The average Bonchev–Trinajstić information content (AvgIpc) is 2.40. The Bertz CT molecular complexity index is 637. The molecule has 0 aromatic heterocycles. The van der Waals surface area contributed by atoms with Crippen LogP contribution in [0.25, 0.3) is 0 Å². The minimum atomic E-state index is -3.24. The number of rotatable bonds is 3. The molecular weight excluding hydrogens is 294 g/mol. The molecule has 4 N–H and O–H groups in total. The molecule has 1 amide bonds. The van der Waals surface area contributed by atoms with Gasteiger partial charge in [-0.3, -0.25) is 4.79 Å². The number of amides is 1. The van der Waals surface area contributed by atoms with E-state index in [0.29, 0.717) is 25.9 Å². The molecule has 0 radical (unpaired) electrons. The molecule has 0 aliphatic carbocycles. The van der Waals surface area contributed by atoms with Gasteiger partial charge in [0.2, 0.25) is 10.0 Å². The molecule has 8 heteroatoms. The van der Waals surface area contributed by atoms with Gasteiger partial charge in [-0.25, -0.2) is 13.1 Å². The summed E-state index contributed by atoms with van der Waals surface area (Å²) in [6, 6.07) is 4.50. The van der Waals surface area contributed by atoms with Crippen LogP contribution >= 0.6 is 0 Å². The highest BCUT2D eigenvalue weighted by Crippen LogP contribution is 2.26. The van der Waals surface area contributed by atoms with Gasteiger partial charge in [0.05, 0.1) is 17.5 Å². The number of para-hydroxylation sites is 1. The molecule has 0 saturated carbocycles. The number of hydrogen-bond acceptors (Lipinski definition) is 5. The Kier molecular flexibility index (Phi) is 4.38. The number of phenols is 1. The van der Waals surface area contributed by atoms with E-state index in [1.54, 1.807) is 11.0 Å². The van der Waals surface area contributed by atoms with E-state index in [9.17, 15) is 18.3 Å². The Morgan fingerprint density at radius 1 is 1.38 bits per heavy atom. The number of carbonyl (C=O) groups excluding carboxylic acids is 1. The lowest BCUT2D eigenvalue weighted by atomic mass is 10.0. The monoisotopic (exact) mass is 313 g/mol. The molecule has 1 aliphatic heterocycles. The van der Waals surface area contributed by atoms with Crippen LogP contribution < -0.4 is 10.5 Å². The van der Waals surface area contributed by atoms with Gasteiger partial charge in [0.1, 0.15) is 0 Å². The topological polar surface area (TPSA) is 113 Å². The second-order valence-corrected chi connectivity index (χ2v) is 6.98. The standard InChI is InChI=1S/C13H19N3O4S/c1-21(19,20)15-9-5-7-16(8-6-9)13(18)10-3-2-4-11(14)12(10)17/h2-4,9,15,17H,5-8,14H2,1H3. The van der Waals surface area contributed by atoms with E-state index in [4.69, 9.17) is 5.73 Å². The number of piperidine rings is 1. The summed E-state index contributed by atoms with van der Waals surface area (Å²) in [6.07, 6.45) is 2.21. The van der Waals surface area contributed by atoms with Gasteiger partial charge in [0.15, 0.2) is 5.75 Å². The number of phenolic OH excluding ortho intramolecular Hbond substituents is 1. The number of anilines is 1. The molecule has 0 atom stereocenters. The third-order valence-electron chi connectivity index (χ3n) is 3.46. The minimum absolute atomic E-state index is 0.154. The molecule has 1 aromatic rings. The quantitative estimate of drug-likeness (QED) is 0.542. The number of carbonyl (C=O) groups is 1. The Hall–Kier alpha value is -1.80. The number of nitrogens with one attached hydrogen (secondary N) is 1. The minimum Gasteiger partial charge on any atom is -0.505 e. The summed E-state index contributed by atoms with van der Waals surface area (Å²) >= 11 is 0.